The van der Waals surface area contributed by atoms with E-state index >= 15 is 0 Å². The zero-order chi connectivity index (χ0) is 15.0. The van der Waals surface area contributed by atoms with Crippen LogP contribution in [-0.4, -0.2) is 62.8 Å². The van der Waals surface area contributed by atoms with Gasteiger partial charge in [0.15, 0.2) is 0 Å². The molecule has 2 unspecified atom stereocenters. The van der Waals surface area contributed by atoms with Crippen LogP contribution >= 0.6 is 0 Å². The second kappa shape index (κ2) is 5.13. The van der Waals surface area contributed by atoms with Gasteiger partial charge in [-0.1, -0.05) is 0 Å². The van der Waals surface area contributed by atoms with Crippen molar-refractivity contribution >= 4 is 17.4 Å². The van der Waals surface area contributed by atoms with Gasteiger partial charge in [-0.3, -0.25) is 14.6 Å². The van der Waals surface area contributed by atoms with Gasteiger partial charge in [0.05, 0.1) is 42.7 Å². The van der Waals surface area contributed by atoms with Gasteiger partial charge in [0, 0.05) is 19.4 Å². The van der Waals surface area contributed by atoms with Gasteiger partial charge in [-0.2, -0.15) is 5.10 Å². The van der Waals surface area contributed by atoms with Crippen molar-refractivity contribution in [1.29, 1.82) is 0 Å². The fourth-order valence-electron chi connectivity index (χ4n) is 2.50. The predicted molar refractivity (Wildman–Crippen MR) is 70.8 cm³/mol. The number of carboxylic acids is 1. The molecule has 8 heteroatoms. The molecular formula is C13H14N4O4. The van der Waals surface area contributed by atoms with Crippen LogP contribution in [0, 0.1) is 5.92 Å². The number of ether oxygens (including phenoxy) is 1. The van der Waals surface area contributed by atoms with Gasteiger partial charge in [-0.15, -0.1) is 0 Å². The Hall–Kier alpha value is -2.48. The molecule has 2 aromatic rings. The van der Waals surface area contributed by atoms with Crippen molar-refractivity contribution in [2.24, 2.45) is 5.92 Å². The number of fused-ring (bicyclic) bond motifs is 1. The predicted octanol–water partition coefficient (Wildman–Crippen LogP) is -0.0991. The first-order valence-corrected chi connectivity index (χ1v) is 6.44. The summed E-state index contributed by atoms with van der Waals surface area (Å²) in [4.78, 5) is 29.2. The lowest BCUT2D eigenvalue weighted by molar-refractivity contribution is -0.142. The van der Waals surface area contributed by atoms with Crippen molar-refractivity contribution in [3.05, 3.63) is 30.4 Å². The Morgan fingerprint density at radius 2 is 2.24 bits per heavy atom. The molecule has 0 bridgehead atoms. The number of carboxylic acid groups (broad SMARTS) is 1. The van der Waals surface area contributed by atoms with Crippen LogP contribution < -0.4 is 0 Å². The Bertz CT molecular complexity index is 698. The van der Waals surface area contributed by atoms with E-state index in [9.17, 15) is 14.7 Å². The highest BCUT2D eigenvalue weighted by molar-refractivity contribution is 6.00. The van der Waals surface area contributed by atoms with Gasteiger partial charge >= 0.3 is 5.97 Å². The maximum atomic E-state index is 12.6. The number of carbonyl (C=O) groups is 2. The first-order valence-electron chi connectivity index (χ1n) is 6.44. The molecule has 8 nitrogen and oxygen atoms in total. The summed E-state index contributed by atoms with van der Waals surface area (Å²) in [6.45, 7) is 0.338. The highest BCUT2D eigenvalue weighted by Gasteiger charge is 2.39. The molecule has 21 heavy (non-hydrogen) atoms. The van der Waals surface area contributed by atoms with Crippen LogP contribution in [0.2, 0.25) is 0 Å². The summed E-state index contributed by atoms with van der Waals surface area (Å²) in [7, 11) is 1.58. The Labute approximate surface area is 119 Å². The molecule has 1 aliphatic heterocycles. The second-order valence-electron chi connectivity index (χ2n) is 4.93. The number of carbonyl (C=O) groups excluding carboxylic acids is 1. The first-order chi connectivity index (χ1) is 10.1. The average Bonchev–Trinajstić information content (AvgIpc) is 3.12. The van der Waals surface area contributed by atoms with Gasteiger partial charge in [0.1, 0.15) is 5.92 Å². The molecule has 2 aromatic heterocycles. The zero-order valence-corrected chi connectivity index (χ0v) is 11.3. The molecule has 0 aromatic carbocycles. The minimum absolute atomic E-state index is 0.119. The van der Waals surface area contributed by atoms with Gasteiger partial charge < -0.3 is 14.7 Å². The van der Waals surface area contributed by atoms with Crippen molar-refractivity contribution in [3.63, 3.8) is 0 Å². The normalized spacial score (nSPS) is 21.6. The van der Waals surface area contributed by atoms with Crippen LogP contribution in [0.4, 0.5) is 0 Å². The molecule has 0 aliphatic carbocycles. The number of aromatic nitrogens is 3. The fourth-order valence-corrected chi connectivity index (χ4v) is 2.50. The van der Waals surface area contributed by atoms with Crippen LogP contribution in [0.15, 0.2) is 24.8 Å². The molecule has 1 saturated heterocycles. The molecule has 2 atom stereocenters. The molecule has 0 spiro atoms. The number of rotatable bonds is 3. The monoisotopic (exact) mass is 290 g/mol. The number of aliphatic carboxylic acids is 1. The second-order valence-corrected chi connectivity index (χ2v) is 4.93. The summed E-state index contributed by atoms with van der Waals surface area (Å²) >= 11 is 0. The number of hydrogen-bond donors (Lipinski definition) is 1. The molecule has 1 aliphatic rings. The Morgan fingerprint density at radius 1 is 1.43 bits per heavy atom. The smallest absolute Gasteiger partial charge is 0.311 e. The molecule has 1 N–H and O–H groups in total. The van der Waals surface area contributed by atoms with E-state index in [1.54, 1.807) is 30.2 Å². The summed E-state index contributed by atoms with van der Waals surface area (Å²) in [5, 5.41) is 13.3. The number of likely N-dealkylation sites (N-methyl/N-ethyl adjacent to an activating group) is 1. The third-order valence-electron chi connectivity index (χ3n) is 3.74. The van der Waals surface area contributed by atoms with Crippen molar-refractivity contribution in [3.8, 4) is 0 Å². The molecule has 110 valence electrons. The summed E-state index contributed by atoms with van der Waals surface area (Å²) < 4.78 is 6.75. The number of hydrogen-bond acceptors (Lipinski definition) is 5. The average molecular weight is 290 g/mol. The number of amides is 1. The first kappa shape index (κ1) is 13.5. The van der Waals surface area contributed by atoms with Crippen molar-refractivity contribution in [2.75, 3.05) is 20.3 Å². The lowest BCUT2D eigenvalue weighted by atomic mass is 10.0. The van der Waals surface area contributed by atoms with Crippen LogP contribution in [0.1, 0.15) is 10.4 Å². The van der Waals surface area contributed by atoms with Crippen molar-refractivity contribution < 1.29 is 19.4 Å². The molecule has 3 rings (SSSR count). The molecular weight excluding hydrogens is 276 g/mol. The molecule has 0 radical (unpaired) electrons. The largest absolute Gasteiger partial charge is 0.481 e. The summed E-state index contributed by atoms with van der Waals surface area (Å²) in [5.41, 5.74) is 0.974. The third kappa shape index (κ3) is 2.23. The molecule has 0 saturated carbocycles. The van der Waals surface area contributed by atoms with E-state index in [1.165, 1.54) is 11.1 Å². The van der Waals surface area contributed by atoms with E-state index in [4.69, 9.17) is 4.74 Å². The van der Waals surface area contributed by atoms with E-state index in [1.807, 2.05) is 0 Å². The number of nitrogens with zero attached hydrogens (tertiary/aromatic N) is 4. The van der Waals surface area contributed by atoms with E-state index in [0.29, 0.717) is 11.1 Å². The maximum absolute atomic E-state index is 12.6. The van der Waals surface area contributed by atoms with Gasteiger partial charge in [-0.05, 0) is 0 Å². The lowest BCUT2D eigenvalue weighted by Gasteiger charge is -2.25. The minimum atomic E-state index is -0.960. The highest BCUT2D eigenvalue weighted by atomic mass is 16.5. The minimum Gasteiger partial charge on any atom is -0.481 e. The summed E-state index contributed by atoms with van der Waals surface area (Å²) in [6.07, 6.45) is 6.23. The van der Waals surface area contributed by atoms with E-state index in [0.717, 1.165) is 0 Å². The maximum Gasteiger partial charge on any atom is 0.311 e. The standard InChI is InChI=1S/C13H14N4O4/c1-16(11-7-21-6-9(11)13(19)20)12(18)8-4-15-17-3-2-14-5-10(8)17/h2-5,9,11H,6-7H2,1H3,(H,19,20). The fraction of sp³-hybridized carbons (Fsp3) is 0.385. The highest BCUT2D eigenvalue weighted by Crippen LogP contribution is 2.21. The SMILES string of the molecule is CN(C(=O)c1cnn2ccncc12)C1COCC1C(=O)O. The topological polar surface area (TPSA) is 97.0 Å². The quantitative estimate of drug-likeness (QED) is 0.848. The summed E-state index contributed by atoms with van der Waals surface area (Å²) in [5.74, 6) is -1.96. The van der Waals surface area contributed by atoms with Crippen molar-refractivity contribution in [1.82, 2.24) is 19.5 Å². The molecule has 3 heterocycles. The van der Waals surface area contributed by atoms with Gasteiger partial charge in [-0.25, -0.2) is 4.52 Å². The van der Waals surface area contributed by atoms with E-state index in [-0.39, 0.29) is 19.1 Å². The van der Waals surface area contributed by atoms with E-state index < -0.39 is 17.9 Å². The van der Waals surface area contributed by atoms with Crippen molar-refractivity contribution in [2.45, 2.75) is 6.04 Å². The third-order valence-corrected chi connectivity index (χ3v) is 3.74. The Balaban J connectivity index is 1.89. The Morgan fingerprint density at radius 3 is 3.00 bits per heavy atom. The lowest BCUT2D eigenvalue weighted by Crippen LogP contribution is -2.44. The van der Waals surface area contributed by atoms with Gasteiger partial charge in [0.25, 0.3) is 5.91 Å². The van der Waals surface area contributed by atoms with E-state index in [2.05, 4.69) is 10.1 Å². The van der Waals surface area contributed by atoms with Crippen LogP contribution in [0.5, 0.6) is 0 Å². The molecule has 1 amide bonds. The Kier molecular flexibility index (Phi) is 3.30. The van der Waals surface area contributed by atoms with Crippen LogP contribution in [-0.2, 0) is 9.53 Å². The van der Waals surface area contributed by atoms with Crippen LogP contribution in [0.3, 0.4) is 0 Å². The zero-order valence-electron chi connectivity index (χ0n) is 11.3. The molecule has 1 fully saturated rings. The van der Waals surface area contributed by atoms with Crippen LogP contribution in [0.25, 0.3) is 5.52 Å². The van der Waals surface area contributed by atoms with Gasteiger partial charge in [0.2, 0.25) is 0 Å². The summed E-state index contributed by atoms with van der Waals surface area (Å²) in [6, 6.07) is -0.485.